The number of likely N-dealkylation sites (N-methyl/N-ethyl adjacent to an activating group) is 1. The van der Waals surface area contributed by atoms with Gasteiger partial charge in [-0.15, -0.1) is 0 Å². The molecule has 21 heavy (non-hydrogen) atoms. The first-order valence-corrected chi connectivity index (χ1v) is 6.94. The molecule has 2 aromatic carbocycles. The Bertz CT molecular complexity index is 601. The molecule has 0 fully saturated rings. The summed E-state index contributed by atoms with van der Waals surface area (Å²) in [5.74, 6) is -0.524. The van der Waals surface area contributed by atoms with Crippen LogP contribution in [0.5, 0.6) is 0 Å². The number of nitrogens with two attached hydrogens (primary N) is 1. The largest absolute Gasteiger partial charge is 0.323 e. The van der Waals surface area contributed by atoms with Gasteiger partial charge in [0.25, 0.3) is 0 Å². The molecule has 0 aromatic heterocycles. The van der Waals surface area contributed by atoms with Crippen molar-refractivity contribution < 1.29 is 8.78 Å². The van der Waals surface area contributed by atoms with Gasteiger partial charge in [-0.1, -0.05) is 30.3 Å². The molecular weight excluding hydrogens is 270 g/mol. The van der Waals surface area contributed by atoms with Crippen LogP contribution in [-0.2, 0) is 0 Å². The van der Waals surface area contributed by atoms with E-state index >= 15 is 0 Å². The molecule has 0 spiro atoms. The van der Waals surface area contributed by atoms with Gasteiger partial charge >= 0.3 is 0 Å². The van der Waals surface area contributed by atoms with Crippen molar-refractivity contribution in [2.24, 2.45) is 5.73 Å². The SMILES string of the molecule is CC(c1ccccc1F)N(C)CC(N)c1cccc(F)c1. The summed E-state index contributed by atoms with van der Waals surface area (Å²) in [5, 5.41) is 0. The van der Waals surface area contributed by atoms with Crippen molar-refractivity contribution in [3.05, 3.63) is 71.3 Å². The Balaban J connectivity index is 2.07. The zero-order valence-electron chi connectivity index (χ0n) is 12.3. The van der Waals surface area contributed by atoms with E-state index in [0.29, 0.717) is 12.1 Å². The van der Waals surface area contributed by atoms with E-state index in [1.54, 1.807) is 24.3 Å². The monoisotopic (exact) mass is 290 g/mol. The van der Waals surface area contributed by atoms with Crippen molar-refractivity contribution in [2.75, 3.05) is 13.6 Å². The molecule has 2 N–H and O–H groups in total. The Kier molecular flexibility index (Phi) is 5.04. The zero-order valence-corrected chi connectivity index (χ0v) is 12.3. The van der Waals surface area contributed by atoms with Crippen LogP contribution >= 0.6 is 0 Å². The lowest BCUT2D eigenvalue weighted by Gasteiger charge is -2.28. The molecule has 2 unspecified atom stereocenters. The molecule has 0 saturated carbocycles. The highest BCUT2D eigenvalue weighted by atomic mass is 19.1. The fraction of sp³-hybridized carbons (Fsp3) is 0.294. The van der Waals surface area contributed by atoms with Gasteiger partial charge < -0.3 is 5.73 Å². The summed E-state index contributed by atoms with van der Waals surface area (Å²) in [6, 6.07) is 12.6. The number of hydrogen-bond donors (Lipinski definition) is 1. The van der Waals surface area contributed by atoms with Crippen molar-refractivity contribution in [1.29, 1.82) is 0 Å². The number of benzene rings is 2. The molecular formula is C17H20F2N2. The Morgan fingerprint density at radius 2 is 1.81 bits per heavy atom. The number of rotatable bonds is 5. The molecule has 4 heteroatoms. The maximum absolute atomic E-state index is 13.8. The van der Waals surface area contributed by atoms with Crippen LogP contribution in [0.15, 0.2) is 48.5 Å². The second-order valence-electron chi connectivity index (χ2n) is 5.30. The average Bonchev–Trinajstić information content (AvgIpc) is 2.47. The van der Waals surface area contributed by atoms with Crippen LogP contribution in [0.2, 0.25) is 0 Å². The molecule has 0 amide bonds. The third kappa shape index (κ3) is 3.86. The Morgan fingerprint density at radius 3 is 2.48 bits per heavy atom. The first kappa shape index (κ1) is 15.6. The number of halogens is 2. The molecule has 0 heterocycles. The summed E-state index contributed by atoms with van der Waals surface area (Å²) in [4.78, 5) is 1.97. The third-order valence-electron chi connectivity index (χ3n) is 3.78. The summed E-state index contributed by atoms with van der Waals surface area (Å²) in [6.45, 7) is 2.44. The van der Waals surface area contributed by atoms with Gasteiger partial charge in [0.15, 0.2) is 0 Å². The van der Waals surface area contributed by atoms with Gasteiger partial charge in [-0.3, -0.25) is 4.90 Å². The van der Waals surface area contributed by atoms with E-state index in [2.05, 4.69) is 0 Å². The van der Waals surface area contributed by atoms with Crippen LogP contribution in [0.4, 0.5) is 8.78 Å². The standard InChI is InChI=1S/C17H20F2N2/c1-12(15-8-3-4-9-16(15)19)21(2)11-17(20)13-6-5-7-14(18)10-13/h3-10,12,17H,11,20H2,1-2H3. The first-order valence-electron chi connectivity index (χ1n) is 6.94. The highest BCUT2D eigenvalue weighted by Crippen LogP contribution is 2.23. The summed E-state index contributed by atoms with van der Waals surface area (Å²) >= 11 is 0. The van der Waals surface area contributed by atoms with E-state index in [1.807, 2.05) is 24.9 Å². The number of nitrogens with zero attached hydrogens (tertiary/aromatic N) is 1. The van der Waals surface area contributed by atoms with Gasteiger partial charge in [0.1, 0.15) is 11.6 Å². The van der Waals surface area contributed by atoms with Gasteiger partial charge in [-0.2, -0.15) is 0 Å². The van der Waals surface area contributed by atoms with Gasteiger partial charge in [0.2, 0.25) is 0 Å². The van der Waals surface area contributed by atoms with Crippen LogP contribution < -0.4 is 5.73 Å². The quantitative estimate of drug-likeness (QED) is 0.910. The average molecular weight is 290 g/mol. The fourth-order valence-electron chi connectivity index (χ4n) is 2.36. The first-order chi connectivity index (χ1) is 9.99. The minimum absolute atomic E-state index is 0.106. The van der Waals surface area contributed by atoms with E-state index in [-0.39, 0.29) is 23.7 Å². The van der Waals surface area contributed by atoms with E-state index in [4.69, 9.17) is 5.73 Å². The predicted molar refractivity (Wildman–Crippen MR) is 80.8 cm³/mol. The maximum atomic E-state index is 13.8. The van der Waals surface area contributed by atoms with Crippen LogP contribution in [0.3, 0.4) is 0 Å². The Hall–Kier alpha value is -1.78. The number of hydrogen-bond acceptors (Lipinski definition) is 2. The molecule has 0 aliphatic carbocycles. The van der Waals surface area contributed by atoms with Crippen LogP contribution in [-0.4, -0.2) is 18.5 Å². The van der Waals surface area contributed by atoms with Crippen molar-refractivity contribution in [3.8, 4) is 0 Å². The van der Waals surface area contributed by atoms with Crippen molar-refractivity contribution in [3.63, 3.8) is 0 Å². The highest BCUT2D eigenvalue weighted by Gasteiger charge is 2.18. The van der Waals surface area contributed by atoms with E-state index < -0.39 is 0 Å². The zero-order chi connectivity index (χ0) is 15.4. The lowest BCUT2D eigenvalue weighted by Crippen LogP contribution is -2.31. The van der Waals surface area contributed by atoms with Gasteiger partial charge in [-0.25, -0.2) is 8.78 Å². The summed E-state index contributed by atoms with van der Waals surface area (Å²) in [6.07, 6.45) is 0. The second kappa shape index (κ2) is 6.78. The van der Waals surface area contributed by atoms with E-state index in [0.717, 1.165) is 5.56 Å². The van der Waals surface area contributed by atoms with Crippen molar-refractivity contribution in [1.82, 2.24) is 4.90 Å². The van der Waals surface area contributed by atoms with Gasteiger partial charge in [0.05, 0.1) is 0 Å². The maximum Gasteiger partial charge on any atom is 0.127 e. The van der Waals surface area contributed by atoms with E-state index in [9.17, 15) is 8.78 Å². The minimum atomic E-state index is -0.320. The van der Waals surface area contributed by atoms with Crippen molar-refractivity contribution in [2.45, 2.75) is 19.0 Å². The summed E-state index contributed by atoms with van der Waals surface area (Å²) in [7, 11) is 1.89. The molecule has 2 nitrogen and oxygen atoms in total. The topological polar surface area (TPSA) is 29.3 Å². The lowest BCUT2D eigenvalue weighted by atomic mass is 10.0. The molecule has 2 atom stereocenters. The molecule has 0 bridgehead atoms. The molecule has 0 aliphatic rings. The van der Waals surface area contributed by atoms with Crippen LogP contribution in [0.1, 0.15) is 30.1 Å². The highest BCUT2D eigenvalue weighted by molar-refractivity contribution is 5.22. The lowest BCUT2D eigenvalue weighted by molar-refractivity contribution is 0.241. The molecule has 0 radical (unpaired) electrons. The van der Waals surface area contributed by atoms with Gasteiger partial charge in [0, 0.05) is 24.2 Å². The Labute approximate surface area is 124 Å². The fourth-order valence-corrected chi connectivity index (χ4v) is 2.36. The minimum Gasteiger partial charge on any atom is -0.323 e. The smallest absolute Gasteiger partial charge is 0.127 e. The molecule has 2 aromatic rings. The van der Waals surface area contributed by atoms with E-state index in [1.165, 1.54) is 18.2 Å². The molecule has 0 aliphatic heterocycles. The molecule has 2 rings (SSSR count). The van der Waals surface area contributed by atoms with Crippen LogP contribution in [0.25, 0.3) is 0 Å². The van der Waals surface area contributed by atoms with Gasteiger partial charge in [-0.05, 0) is 37.7 Å². The summed E-state index contributed by atoms with van der Waals surface area (Å²) in [5.41, 5.74) is 7.49. The Morgan fingerprint density at radius 1 is 1.10 bits per heavy atom. The molecule has 112 valence electrons. The predicted octanol–water partition coefficient (Wildman–Crippen LogP) is 3.66. The molecule has 0 saturated heterocycles. The summed E-state index contributed by atoms with van der Waals surface area (Å²) < 4.78 is 27.0. The van der Waals surface area contributed by atoms with Crippen molar-refractivity contribution >= 4 is 0 Å². The third-order valence-corrected chi connectivity index (χ3v) is 3.78. The second-order valence-corrected chi connectivity index (χ2v) is 5.30. The normalized spacial score (nSPS) is 14.2. The van der Waals surface area contributed by atoms with Crippen LogP contribution in [0, 0.1) is 11.6 Å².